The molecule has 1 atom stereocenters. The minimum absolute atomic E-state index is 0.00464. The molecule has 3 amide bonds. The second-order valence-corrected chi connectivity index (χ2v) is 9.63. The maximum absolute atomic E-state index is 13.4. The van der Waals surface area contributed by atoms with Gasteiger partial charge in [-0.15, -0.1) is 0 Å². The van der Waals surface area contributed by atoms with Crippen molar-refractivity contribution < 1.29 is 14.4 Å². The lowest BCUT2D eigenvalue weighted by Crippen LogP contribution is -2.51. The summed E-state index contributed by atoms with van der Waals surface area (Å²) in [5.74, 6) is -0.671. The first-order valence-corrected chi connectivity index (χ1v) is 10.9. The molecule has 1 heterocycles. The zero-order chi connectivity index (χ0) is 21.9. The van der Waals surface area contributed by atoms with Crippen LogP contribution in [0.5, 0.6) is 0 Å². The fourth-order valence-electron chi connectivity index (χ4n) is 4.50. The molecule has 3 rings (SSSR count). The molecule has 0 N–H and O–H groups in total. The maximum Gasteiger partial charge on any atom is 0.257 e. The molecule has 2 aliphatic rings. The predicted octanol–water partition coefficient (Wildman–Crippen LogP) is 4.18. The SMILES string of the molecule is CC(C)(C)CC(=O)N(C1CCCCCC1)C1CC(=O)N(c2ccc(C#N)cc2)C1=O. The van der Waals surface area contributed by atoms with Gasteiger partial charge in [-0.1, -0.05) is 46.5 Å². The number of amides is 3. The largest absolute Gasteiger partial charge is 0.327 e. The van der Waals surface area contributed by atoms with Crippen LogP contribution in [0.2, 0.25) is 0 Å². The fourth-order valence-corrected chi connectivity index (χ4v) is 4.50. The average molecular weight is 410 g/mol. The van der Waals surface area contributed by atoms with Crippen LogP contribution in [0.3, 0.4) is 0 Å². The number of carbonyl (C=O) groups is 3. The van der Waals surface area contributed by atoms with E-state index < -0.39 is 6.04 Å². The zero-order valence-corrected chi connectivity index (χ0v) is 18.2. The van der Waals surface area contributed by atoms with Gasteiger partial charge in [-0.05, 0) is 42.5 Å². The lowest BCUT2D eigenvalue weighted by atomic mass is 9.90. The molecular weight excluding hydrogens is 378 g/mol. The van der Waals surface area contributed by atoms with Crippen molar-refractivity contribution in [3.8, 4) is 6.07 Å². The highest BCUT2D eigenvalue weighted by molar-refractivity contribution is 6.23. The summed E-state index contributed by atoms with van der Waals surface area (Å²) in [6, 6.07) is 7.72. The summed E-state index contributed by atoms with van der Waals surface area (Å²) < 4.78 is 0. The van der Waals surface area contributed by atoms with Crippen LogP contribution in [0.25, 0.3) is 0 Å². The summed E-state index contributed by atoms with van der Waals surface area (Å²) in [7, 11) is 0. The molecule has 0 radical (unpaired) electrons. The van der Waals surface area contributed by atoms with Gasteiger partial charge in [0.15, 0.2) is 0 Å². The van der Waals surface area contributed by atoms with E-state index in [9.17, 15) is 14.4 Å². The van der Waals surface area contributed by atoms with Crippen LogP contribution in [0, 0.1) is 16.7 Å². The topological polar surface area (TPSA) is 81.5 Å². The van der Waals surface area contributed by atoms with E-state index in [1.54, 1.807) is 29.2 Å². The number of nitrogens with zero attached hydrogens (tertiary/aromatic N) is 3. The van der Waals surface area contributed by atoms with Crippen molar-refractivity contribution in [3.63, 3.8) is 0 Å². The summed E-state index contributed by atoms with van der Waals surface area (Å²) in [4.78, 5) is 42.4. The van der Waals surface area contributed by atoms with Crippen molar-refractivity contribution >= 4 is 23.4 Å². The number of carbonyl (C=O) groups excluding carboxylic acids is 3. The van der Waals surface area contributed by atoms with E-state index in [2.05, 4.69) is 0 Å². The molecule has 0 spiro atoms. The fraction of sp³-hybridized carbons (Fsp3) is 0.583. The Kier molecular flexibility index (Phi) is 6.60. The molecule has 1 aliphatic heterocycles. The number of benzene rings is 1. The number of rotatable bonds is 4. The van der Waals surface area contributed by atoms with Gasteiger partial charge in [-0.25, -0.2) is 4.90 Å². The Balaban J connectivity index is 1.90. The van der Waals surface area contributed by atoms with Crippen molar-refractivity contribution in [2.24, 2.45) is 5.41 Å². The summed E-state index contributed by atoms with van der Waals surface area (Å²) in [6.45, 7) is 6.04. The van der Waals surface area contributed by atoms with Crippen LogP contribution in [0.1, 0.15) is 77.7 Å². The van der Waals surface area contributed by atoms with E-state index in [4.69, 9.17) is 5.26 Å². The van der Waals surface area contributed by atoms with Gasteiger partial charge in [0, 0.05) is 12.5 Å². The smallest absolute Gasteiger partial charge is 0.257 e. The minimum Gasteiger partial charge on any atom is -0.327 e. The van der Waals surface area contributed by atoms with Gasteiger partial charge in [0.1, 0.15) is 6.04 Å². The highest BCUT2D eigenvalue weighted by atomic mass is 16.2. The molecule has 1 aliphatic carbocycles. The second-order valence-electron chi connectivity index (χ2n) is 9.63. The van der Waals surface area contributed by atoms with Gasteiger partial charge in [0.2, 0.25) is 11.8 Å². The first-order chi connectivity index (χ1) is 14.2. The molecule has 1 unspecified atom stereocenters. The van der Waals surface area contributed by atoms with E-state index in [1.807, 2.05) is 26.8 Å². The Morgan fingerprint density at radius 3 is 2.23 bits per heavy atom. The van der Waals surface area contributed by atoms with Crippen LogP contribution >= 0.6 is 0 Å². The van der Waals surface area contributed by atoms with Crippen LogP contribution in [0.4, 0.5) is 5.69 Å². The lowest BCUT2D eigenvalue weighted by Gasteiger charge is -2.36. The van der Waals surface area contributed by atoms with Crippen LogP contribution in [0.15, 0.2) is 24.3 Å². The van der Waals surface area contributed by atoms with Crippen LogP contribution in [-0.2, 0) is 14.4 Å². The Morgan fingerprint density at radius 2 is 1.70 bits per heavy atom. The monoisotopic (exact) mass is 409 g/mol. The van der Waals surface area contributed by atoms with Crippen molar-refractivity contribution in [2.75, 3.05) is 4.90 Å². The molecule has 0 bridgehead atoms. The highest BCUT2D eigenvalue weighted by Gasteiger charge is 2.46. The summed E-state index contributed by atoms with van der Waals surface area (Å²) in [5.41, 5.74) is 0.726. The molecule has 6 heteroatoms. The molecule has 1 aromatic rings. The Labute approximate surface area is 178 Å². The molecule has 1 saturated carbocycles. The van der Waals surface area contributed by atoms with Gasteiger partial charge in [-0.3, -0.25) is 14.4 Å². The quantitative estimate of drug-likeness (QED) is 0.552. The summed E-state index contributed by atoms with van der Waals surface area (Å²) >= 11 is 0. The normalized spacial score (nSPS) is 20.7. The van der Waals surface area contributed by atoms with Gasteiger partial charge in [0.05, 0.1) is 23.7 Å². The molecule has 1 aromatic carbocycles. The predicted molar refractivity (Wildman–Crippen MR) is 114 cm³/mol. The number of anilines is 1. The van der Waals surface area contributed by atoms with Crippen LogP contribution in [-0.4, -0.2) is 34.7 Å². The Morgan fingerprint density at radius 1 is 1.10 bits per heavy atom. The third kappa shape index (κ3) is 4.89. The number of imide groups is 1. The van der Waals surface area contributed by atoms with E-state index >= 15 is 0 Å². The average Bonchev–Trinajstić information content (AvgIpc) is 2.86. The number of hydrogen-bond acceptors (Lipinski definition) is 4. The third-order valence-electron chi connectivity index (χ3n) is 5.90. The van der Waals surface area contributed by atoms with Gasteiger partial charge >= 0.3 is 0 Å². The van der Waals surface area contributed by atoms with Gasteiger partial charge in [-0.2, -0.15) is 5.26 Å². The summed E-state index contributed by atoms with van der Waals surface area (Å²) in [6.07, 6.45) is 6.49. The first-order valence-electron chi connectivity index (χ1n) is 10.9. The van der Waals surface area contributed by atoms with E-state index in [-0.39, 0.29) is 35.6 Å². The van der Waals surface area contributed by atoms with Crippen molar-refractivity contribution in [3.05, 3.63) is 29.8 Å². The molecule has 30 heavy (non-hydrogen) atoms. The van der Waals surface area contributed by atoms with Crippen molar-refractivity contribution in [1.29, 1.82) is 5.26 Å². The molecule has 2 fully saturated rings. The Bertz CT molecular complexity index is 840. The standard InChI is InChI=1S/C24H31N3O3/c1-24(2,3)15-22(29)26(18-8-6-4-5-7-9-18)20-14-21(28)27(23(20)30)19-12-10-17(16-25)11-13-19/h10-13,18,20H,4-9,14-15H2,1-3H3. The molecule has 0 aromatic heterocycles. The first kappa shape index (κ1) is 22.0. The van der Waals surface area contributed by atoms with Gasteiger partial charge in [0.25, 0.3) is 5.91 Å². The summed E-state index contributed by atoms with van der Waals surface area (Å²) in [5, 5.41) is 8.99. The zero-order valence-electron chi connectivity index (χ0n) is 18.2. The maximum atomic E-state index is 13.4. The molecule has 6 nitrogen and oxygen atoms in total. The van der Waals surface area contributed by atoms with E-state index in [1.165, 1.54) is 4.90 Å². The van der Waals surface area contributed by atoms with Crippen molar-refractivity contribution in [2.45, 2.75) is 84.2 Å². The minimum atomic E-state index is -0.744. The molecule has 160 valence electrons. The molecule has 1 saturated heterocycles. The second kappa shape index (κ2) is 8.99. The highest BCUT2D eigenvalue weighted by Crippen LogP contribution is 2.33. The van der Waals surface area contributed by atoms with Gasteiger partial charge < -0.3 is 4.90 Å². The van der Waals surface area contributed by atoms with Crippen LogP contribution < -0.4 is 4.90 Å². The third-order valence-corrected chi connectivity index (χ3v) is 5.90. The van der Waals surface area contributed by atoms with E-state index in [0.717, 1.165) is 38.5 Å². The Hall–Kier alpha value is -2.68. The number of hydrogen-bond donors (Lipinski definition) is 0. The number of nitriles is 1. The van der Waals surface area contributed by atoms with Crippen molar-refractivity contribution in [1.82, 2.24) is 4.90 Å². The lowest BCUT2D eigenvalue weighted by molar-refractivity contribution is -0.143. The molecular formula is C24H31N3O3. The van der Waals surface area contributed by atoms with E-state index in [0.29, 0.717) is 17.7 Å².